The molecule has 0 bridgehead atoms. The minimum absolute atomic E-state index is 0.307. The zero-order valence-corrected chi connectivity index (χ0v) is 12.5. The number of allylic oxidation sites excluding steroid dienone is 1. The molecule has 0 radical (unpaired) electrons. The third-order valence-electron chi connectivity index (χ3n) is 4.77. The van der Waals surface area contributed by atoms with Crippen molar-refractivity contribution in [1.82, 2.24) is 0 Å². The van der Waals surface area contributed by atoms with E-state index in [1.165, 1.54) is 0 Å². The molecule has 0 saturated carbocycles. The van der Waals surface area contributed by atoms with Crippen molar-refractivity contribution in [2.24, 2.45) is 0 Å². The Morgan fingerprint density at radius 1 is 1.43 bits per heavy atom. The summed E-state index contributed by atoms with van der Waals surface area (Å²) in [4.78, 5) is 12.7. The highest BCUT2D eigenvalue weighted by Crippen LogP contribution is 2.57. The van der Waals surface area contributed by atoms with Crippen molar-refractivity contribution in [2.75, 3.05) is 6.61 Å². The summed E-state index contributed by atoms with van der Waals surface area (Å²) in [6, 6.07) is 7.75. The van der Waals surface area contributed by atoms with E-state index < -0.39 is 11.0 Å². The Morgan fingerprint density at radius 2 is 2.14 bits per heavy atom. The number of aliphatic hydroxyl groups is 1. The number of carbonyl (C=O) groups excluding carboxylic acids is 1. The van der Waals surface area contributed by atoms with Gasteiger partial charge in [0.05, 0.1) is 6.61 Å². The van der Waals surface area contributed by atoms with Crippen molar-refractivity contribution >= 4 is 5.97 Å². The minimum Gasteiger partial charge on any atom is -0.465 e. The minimum atomic E-state index is -1.24. The highest BCUT2D eigenvalue weighted by atomic mass is 16.5. The van der Waals surface area contributed by atoms with Gasteiger partial charge in [-0.25, -0.2) is 0 Å². The van der Waals surface area contributed by atoms with Crippen LogP contribution < -0.4 is 0 Å². The first-order chi connectivity index (χ1) is 9.97. The molecule has 2 atom stereocenters. The predicted molar refractivity (Wildman–Crippen MR) is 80.9 cm³/mol. The van der Waals surface area contributed by atoms with Crippen molar-refractivity contribution in [1.29, 1.82) is 0 Å². The second kappa shape index (κ2) is 4.57. The van der Waals surface area contributed by atoms with Gasteiger partial charge in [0, 0.05) is 6.42 Å². The number of benzene rings is 1. The molecule has 21 heavy (non-hydrogen) atoms. The molecule has 3 rings (SSSR count). The van der Waals surface area contributed by atoms with E-state index in [0.29, 0.717) is 19.4 Å². The van der Waals surface area contributed by atoms with Gasteiger partial charge in [0.25, 0.3) is 0 Å². The monoisotopic (exact) mass is 284 g/mol. The Balaban J connectivity index is 2.21. The first-order valence-electron chi connectivity index (χ1n) is 7.32. The second-order valence-corrected chi connectivity index (χ2v) is 5.92. The maximum absolute atomic E-state index is 12.7. The standard InChI is InChI=1S/C18H20O3/c1-4-21-16(19)17-10-9-14(12(2)3)18(17,20)11-13-7-5-6-8-15(13)17/h5-9,20H,2,4,10-11H2,1,3H3/t17-,18+/m1/s1. The maximum Gasteiger partial charge on any atom is 0.320 e. The summed E-state index contributed by atoms with van der Waals surface area (Å²) in [5.74, 6) is -0.343. The summed E-state index contributed by atoms with van der Waals surface area (Å²) in [6.45, 7) is 7.93. The van der Waals surface area contributed by atoms with E-state index in [2.05, 4.69) is 6.58 Å². The third kappa shape index (κ3) is 1.61. The van der Waals surface area contributed by atoms with Crippen molar-refractivity contribution in [2.45, 2.75) is 37.7 Å². The molecule has 2 aliphatic rings. The Hall–Kier alpha value is -1.87. The van der Waals surface area contributed by atoms with Crippen molar-refractivity contribution in [3.8, 4) is 0 Å². The third-order valence-corrected chi connectivity index (χ3v) is 4.77. The van der Waals surface area contributed by atoms with E-state index in [-0.39, 0.29) is 5.97 Å². The quantitative estimate of drug-likeness (QED) is 0.868. The lowest BCUT2D eigenvalue weighted by Crippen LogP contribution is -2.53. The van der Waals surface area contributed by atoms with Crippen LogP contribution in [0.15, 0.2) is 48.1 Å². The van der Waals surface area contributed by atoms with Crippen LogP contribution in [-0.2, 0) is 21.4 Å². The molecule has 1 aromatic rings. The Kier molecular flexibility index (Phi) is 3.06. The topological polar surface area (TPSA) is 46.5 Å². The molecule has 1 aromatic carbocycles. The number of hydrogen-bond acceptors (Lipinski definition) is 3. The number of carbonyl (C=O) groups is 1. The SMILES string of the molecule is C=C(C)C1=CC[C@]2(C(=O)OCC)c3ccccc3C[C@]12O. The van der Waals surface area contributed by atoms with Crippen LogP contribution in [0.5, 0.6) is 0 Å². The van der Waals surface area contributed by atoms with Crippen molar-refractivity contribution < 1.29 is 14.6 Å². The zero-order chi connectivity index (χ0) is 15.3. The summed E-state index contributed by atoms with van der Waals surface area (Å²) in [7, 11) is 0. The van der Waals surface area contributed by atoms with Gasteiger partial charge in [0.1, 0.15) is 11.0 Å². The van der Waals surface area contributed by atoms with Crippen molar-refractivity contribution in [3.63, 3.8) is 0 Å². The maximum atomic E-state index is 12.7. The fourth-order valence-corrected chi connectivity index (χ4v) is 3.91. The van der Waals surface area contributed by atoms with Crippen LogP contribution in [0, 0.1) is 0 Å². The molecule has 0 heterocycles. The first-order valence-corrected chi connectivity index (χ1v) is 7.32. The summed E-state index contributed by atoms with van der Waals surface area (Å²) < 4.78 is 5.32. The molecule has 2 aliphatic carbocycles. The second-order valence-electron chi connectivity index (χ2n) is 5.92. The van der Waals surface area contributed by atoms with Crippen molar-refractivity contribution in [3.05, 3.63) is 59.2 Å². The number of hydrogen-bond donors (Lipinski definition) is 1. The zero-order valence-electron chi connectivity index (χ0n) is 12.5. The molecule has 3 nitrogen and oxygen atoms in total. The van der Waals surface area contributed by atoms with E-state index in [1.807, 2.05) is 37.3 Å². The van der Waals surface area contributed by atoms with Gasteiger partial charge in [-0.15, -0.1) is 0 Å². The Morgan fingerprint density at radius 3 is 2.81 bits per heavy atom. The van der Waals surface area contributed by atoms with E-state index in [4.69, 9.17) is 4.74 Å². The number of fused-ring (bicyclic) bond motifs is 3. The number of esters is 1. The van der Waals surface area contributed by atoms with E-state index in [0.717, 1.165) is 22.3 Å². The van der Waals surface area contributed by atoms with E-state index in [9.17, 15) is 9.90 Å². The molecular weight excluding hydrogens is 264 g/mol. The van der Waals surface area contributed by atoms with Gasteiger partial charge in [-0.3, -0.25) is 4.79 Å². The van der Waals surface area contributed by atoms with Gasteiger partial charge in [-0.05, 0) is 37.0 Å². The molecule has 1 N–H and O–H groups in total. The Labute approximate surface area is 124 Å². The average Bonchev–Trinajstić information content (AvgIpc) is 2.86. The van der Waals surface area contributed by atoms with Crippen LogP contribution in [0.1, 0.15) is 31.4 Å². The molecule has 0 fully saturated rings. The number of rotatable bonds is 3. The van der Waals surface area contributed by atoms with Gasteiger partial charge in [0.15, 0.2) is 0 Å². The van der Waals surface area contributed by atoms with Gasteiger partial charge >= 0.3 is 5.97 Å². The van der Waals surface area contributed by atoms with E-state index >= 15 is 0 Å². The lowest BCUT2D eigenvalue weighted by Gasteiger charge is -2.37. The molecule has 110 valence electrons. The van der Waals surface area contributed by atoms with Gasteiger partial charge < -0.3 is 9.84 Å². The lowest BCUT2D eigenvalue weighted by molar-refractivity contribution is -0.157. The fourth-order valence-electron chi connectivity index (χ4n) is 3.91. The number of ether oxygens (including phenoxy) is 1. The van der Waals surface area contributed by atoms with Crippen LogP contribution in [0.4, 0.5) is 0 Å². The highest BCUT2D eigenvalue weighted by Gasteiger charge is 2.66. The van der Waals surface area contributed by atoms with Crippen LogP contribution >= 0.6 is 0 Å². The smallest absolute Gasteiger partial charge is 0.320 e. The van der Waals surface area contributed by atoms with Gasteiger partial charge in [0.2, 0.25) is 0 Å². The molecule has 0 amide bonds. The molecule has 0 aromatic heterocycles. The fraction of sp³-hybridized carbons (Fsp3) is 0.389. The molecule has 0 spiro atoms. The normalized spacial score (nSPS) is 29.6. The molecular formula is C18H20O3. The molecule has 3 heteroatoms. The van der Waals surface area contributed by atoms with Crippen LogP contribution in [0.3, 0.4) is 0 Å². The van der Waals surface area contributed by atoms with Crippen LogP contribution in [-0.4, -0.2) is 23.3 Å². The van der Waals surface area contributed by atoms with Gasteiger partial charge in [-0.1, -0.05) is 42.5 Å². The lowest BCUT2D eigenvalue weighted by atomic mass is 9.70. The van der Waals surface area contributed by atoms with Crippen LogP contribution in [0.2, 0.25) is 0 Å². The first kappa shape index (κ1) is 14.1. The summed E-state index contributed by atoms with van der Waals surface area (Å²) >= 11 is 0. The Bertz CT molecular complexity index is 658. The summed E-state index contributed by atoms with van der Waals surface area (Å²) in [6.07, 6.45) is 2.83. The highest BCUT2D eigenvalue weighted by molar-refractivity contribution is 5.90. The summed E-state index contributed by atoms with van der Waals surface area (Å²) in [5, 5.41) is 11.4. The average molecular weight is 284 g/mol. The summed E-state index contributed by atoms with van der Waals surface area (Å²) in [5.41, 5.74) is 1.21. The largest absolute Gasteiger partial charge is 0.465 e. The van der Waals surface area contributed by atoms with E-state index in [1.54, 1.807) is 6.92 Å². The molecule has 0 aliphatic heterocycles. The molecule has 0 saturated heterocycles. The van der Waals surface area contributed by atoms with Crippen LogP contribution in [0.25, 0.3) is 0 Å². The molecule has 0 unspecified atom stereocenters. The van der Waals surface area contributed by atoms with Gasteiger partial charge in [-0.2, -0.15) is 0 Å². The predicted octanol–water partition coefficient (Wildman–Crippen LogP) is 2.68.